The largest absolute Gasteiger partial charge is 0.480 e. The molecule has 7 nitrogen and oxygen atoms in total. The van der Waals surface area contributed by atoms with Gasteiger partial charge in [-0.25, -0.2) is 0 Å². The molecule has 0 saturated carbocycles. The minimum atomic E-state index is -4.96. The molecule has 2 aromatic rings. The second-order valence-electron chi connectivity index (χ2n) is 4.00. The Morgan fingerprint density at radius 3 is 2.57 bits per heavy atom. The van der Waals surface area contributed by atoms with E-state index in [2.05, 4.69) is 24.9 Å². The van der Waals surface area contributed by atoms with Gasteiger partial charge in [-0.3, -0.25) is 4.79 Å². The summed E-state index contributed by atoms with van der Waals surface area (Å²) in [6.07, 6.45) is -4.96. The molecule has 0 aliphatic rings. The first kappa shape index (κ1) is 14.9. The molecule has 0 aliphatic heterocycles. The maximum Gasteiger partial charge on any atom is 0.450 e. The topological polar surface area (TPSA) is 91.0 Å². The second kappa shape index (κ2) is 5.46. The summed E-state index contributed by atoms with van der Waals surface area (Å²) in [5.74, 6) is -3.80. The third kappa shape index (κ3) is 3.15. The lowest BCUT2D eigenvalue weighted by Crippen LogP contribution is -2.27. The van der Waals surface area contributed by atoms with Crippen molar-refractivity contribution in [2.45, 2.75) is 19.0 Å². The van der Waals surface area contributed by atoms with Gasteiger partial charge in [0, 0.05) is 6.07 Å². The number of Topliss-reactive ketones (excluding diaryl/α,β-unsaturated/α-hetero) is 1. The van der Waals surface area contributed by atoms with Crippen LogP contribution in [0.5, 0.6) is 5.88 Å². The van der Waals surface area contributed by atoms with E-state index in [1.54, 1.807) is 0 Å². The van der Waals surface area contributed by atoms with Gasteiger partial charge in [-0.05, 0) is 13.0 Å². The molecule has 112 valence electrons. The molecule has 2 rings (SSSR count). The number of ether oxygens (including phenoxy) is 1. The van der Waals surface area contributed by atoms with Gasteiger partial charge in [0.05, 0.1) is 7.11 Å². The second-order valence-corrected chi connectivity index (χ2v) is 4.00. The molecule has 0 radical (unpaired) electrons. The molecule has 0 N–H and O–H groups in total. The Hall–Kier alpha value is -2.52. The Bertz CT molecular complexity index is 639. The highest BCUT2D eigenvalue weighted by atomic mass is 19.4. The number of aromatic nitrogens is 4. The zero-order valence-corrected chi connectivity index (χ0v) is 10.9. The number of methoxy groups -OCH3 is 1. The Morgan fingerprint density at radius 1 is 1.33 bits per heavy atom. The number of hydrogen-bond donors (Lipinski definition) is 0. The van der Waals surface area contributed by atoms with Crippen LogP contribution in [-0.4, -0.2) is 39.4 Å². The minimum Gasteiger partial charge on any atom is -0.480 e. The minimum absolute atomic E-state index is 0.0676. The van der Waals surface area contributed by atoms with Gasteiger partial charge in [-0.1, -0.05) is 5.16 Å². The van der Waals surface area contributed by atoms with Gasteiger partial charge < -0.3 is 9.26 Å². The molecule has 0 amide bonds. The maximum absolute atomic E-state index is 12.3. The van der Waals surface area contributed by atoms with Crippen LogP contribution in [-0.2, 0) is 4.79 Å². The van der Waals surface area contributed by atoms with Crippen LogP contribution in [0, 0.1) is 0 Å². The molecule has 0 fully saturated rings. The van der Waals surface area contributed by atoms with Crippen molar-refractivity contribution in [3.8, 4) is 17.4 Å². The van der Waals surface area contributed by atoms with E-state index in [0.717, 1.165) is 6.92 Å². The Labute approximate surface area is 116 Å². The van der Waals surface area contributed by atoms with Crippen molar-refractivity contribution in [3.63, 3.8) is 0 Å². The van der Waals surface area contributed by atoms with E-state index in [1.807, 2.05) is 0 Å². The average Bonchev–Trinajstić information content (AvgIpc) is 2.94. The molecule has 1 atom stereocenters. The van der Waals surface area contributed by atoms with Crippen molar-refractivity contribution in [1.29, 1.82) is 0 Å². The summed E-state index contributed by atoms with van der Waals surface area (Å²) in [7, 11) is 1.40. The fourth-order valence-corrected chi connectivity index (χ4v) is 1.42. The highest BCUT2D eigenvalue weighted by Crippen LogP contribution is 2.27. The summed E-state index contributed by atoms with van der Waals surface area (Å²) < 4.78 is 46.5. The smallest absolute Gasteiger partial charge is 0.450 e. The van der Waals surface area contributed by atoms with Crippen molar-refractivity contribution in [2.75, 3.05) is 7.11 Å². The number of alkyl halides is 3. The van der Waals surface area contributed by atoms with Crippen LogP contribution < -0.4 is 4.74 Å². The number of hydrogen-bond acceptors (Lipinski definition) is 7. The van der Waals surface area contributed by atoms with Gasteiger partial charge >= 0.3 is 6.18 Å². The highest BCUT2D eigenvalue weighted by molar-refractivity contribution is 5.89. The van der Waals surface area contributed by atoms with E-state index in [9.17, 15) is 18.0 Å². The summed E-state index contributed by atoms with van der Waals surface area (Å²) in [6.45, 7) is 1.03. The number of halogens is 3. The quantitative estimate of drug-likeness (QED) is 0.850. The van der Waals surface area contributed by atoms with Gasteiger partial charge in [0.2, 0.25) is 23.4 Å². The van der Waals surface area contributed by atoms with E-state index in [4.69, 9.17) is 4.74 Å². The fraction of sp³-hybridized carbons (Fsp3) is 0.364. The van der Waals surface area contributed by atoms with E-state index in [0.29, 0.717) is 0 Å². The lowest BCUT2D eigenvalue weighted by atomic mass is 10.1. The van der Waals surface area contributed by atoms with Crippen LogP contribution >= 0.6 is 0 Å². The van der Waals surface area contributed by atoms with Gasteiger partial charge in [-0.2, -0.15) is 18.2 Å². The third-order valence-electron chi connectivity index (χ3n) is 2.56. The van der Waals surface area contributed by atoms with Crippen LogP contribution in [0.1, 0.15) is 18.7 Å². The molecule has 0 aliphatic carbocycles. The van der Waals surface area contributed by atoms with Crippen LogP contribution in [0.3, 0.4) is 0 Å². The highest BCUT2D eigenvalue weighted by Gasteiger charge is 2.44. The number of ketones is 1. The molecule has 10 heteroatoms. The van der Waals surface area contributed by atoms with Crippen LogP contribution in [0.2, 0.25) is 0 Å². The first-order valence-corrected chi connectivity index (χ1v) is 5.65. The molecule has 2 heterocycles. The van der Waals surface area contributed by atoms with E-state index < -0.39 is 23.8 Å². The Morgan fingerprint density at radius 2 is 2.05 bits per heavy atom. The van der Waals surface area contributed by atoms with E-state index >= 15 is 0 Å². The number of carbonyl (C=O) groups is 1. The van der Waals surface area contributed by atoms with Gasteiger partial charge in [0.25, 0.3) is 0 Å². The van der Waals surface area contributed by atoms with Crippen molar-refractivity contribution in [3.05, 3.63) is 18.0 Å². The number of rotatable bonds is 4. The molecule has 0 bridgehead atoms. The maximum atomic E-state index is 12.3. The summed E-state index contributed by atoms with van der Waals surface area (Å²) in [5, 5.41) is 10.9. The lowest BCUT2D eigenvalue weighted by molar-refractivity contribution is -0.172. The normalized spacial score (nSPS) is 13.0. The summed E-state index contributed by atoms with van der Waals surface area (Å²) in [5.41, 5.74) is 0.178. The number of nitrogens with zero attached hydrogens (tertiary/aromatic N) is 4. The monoisotopic (exact) mass is 302 g/mol. The lowest BCUT2D eigenvalue weighted by Gasteiger charge is -2.08. The van der Waals surface area contributed by atoms with Crippen molar-refractivity contribution in [2.24, 2.45) is 0 Å². The molecule has 1 unspecified atom stereocenters. The molecule has 2 aromatic heterocycles. The zero-order chi connectivity index (χ0) is 15.6. The first-order chi connectivity index (χ1) is 9.82. The van der Waals surface area contributed by atoms with Gasteiger partial charge in [0.15, 0.2) is 0 Å². The van der Waals surface area contributed by atoms with Crippen molar-refractivity contribution < 1.29 is 27.2 Å². The predicted octanol–water partition coefficient (Wildman–Crippen LogP) is 1.77. The van der Waals surface area contributed by atoms with Crippen LogP contribution in [0.15, 0.2) is 16.7 Å². The third-order valence-corrected chi connectivity index (χ3v) is 2.56. The Kier molecular flexibility index (Phi) is 3.87. The van der Waals surface area contributed by atoms with Crippen molar-refractivity contribution in [1.82, 2.24) is 20.3 Å². The SMILES string of the molecule is COc1ccc(-c2noc(C(C)C(=O)C(F)(F)F)n2)nn1. The molecular formula is C11H9F3N4O3. The molecule has 0 spiro atoms. The summed E-state index contributed by atoms with van der Waals surface area (Å²) in [6, 6.07) is 2.93. The molecular weight excluding hydrogens is 293 g/mol. The average molecular weight is 302 g/mol. The van der Waals surface area contributed by atoms with Gasteiger partial charge in [0.1, 0.15) is 11.6 Å². The zero-order valence-electron chi connectivity index (χ0n) is 10.9. The van der Waals surface area contributed by atoms with E-state index in [-0.39, 0.29) is 17.4 Å². The predicted molar refractivity (Wildman–Crippen MR) is 61.4 cm³/mol. The molecule has 0 saturated heterocycles. The first-order valence-electron chi connectivity index (χ1n) is 5.65. The molecule has 0 aromatic carbocycles. The van der Waals surface area contributed by atoms with Crippen molar-refractivity contribution >= 4 is 5.78 Å². The standard InChI is InChI=1S/C11H9F3N4O3/c1-5(8(19)11(12,13)14)10-15-9(18-21-10)6-3-4-7(20-2)17-16-6/h3-5H,1-2H3. The number of carbonyl (C=O) groups excluding carboxylic acids is 1. The molecule has 21 heavy (non-hydrogen) atoms. The van der Waals surface area contributed by atoms with Crippen LogP contribution in [0.4, 0.5) is 13.2 Å². The van der Waals surface area contributed by atoms with Crippen LogP contribution in [0.25, 0.3) is 11.5 Å². The van der Waals surface area contributed by atoms with Gasteiger partial charge in [-0.15, -0.1) is 10.2 Å². The van der Waals surface area contributed by atoms with E-state index in [1.165, 1.54) is 19.2 Å². The fourth-order valence-electron chi connectivity index (χ4n) is 1.42. The summed E-state index contributed by atoms with van der Waals surface area (Å²) in [4.78, 5) is 14.8. The summed E-state index contributed by atoms with van der Waals surface area (Å²) >= 11 is 0. The Balaban J connectivity index is 2.23.